The molecule has 3 aromatic rings. The highest BCUT2D eigenvalue weighted by Crippen LogP contribution is 2.33. The van der Waals surface area contributed by atoms with Gasteiger partial charge in [0.05, 0.1) is 22.8 Å². The molecule has 9 heteroatoms. The monoisotopic (exact) mass is 405 g/mol. The summed E-state index contributed by atoms with van der Waals surface area (Å²) in [6.07, 6.45) is -0.703. The average molecular weight is 406 g/mol. The van der Waals surface area contributed by atoms with Crippen LogP contribution in [0.4, 0.5) is 30.5 Å². The van der Waals surface area contributed by atoms with Crippen LogP contribution in [-0.2, 0) is 19.1 Å². The number of anilines is 3. The molecule has 144 valence electrons. The number of benzene rings is 1. The normalized spacial score (nSPS) is 13.9. The number of aromatic nitrogens is 3. The molecule has 0 unspecified atom stereocenters. The van der Waals surface area contributed by atoms with Gasteiger partial charge in [-0.05, 0) is 36.8 Å². The van der Waals surface area contributed by atoms with E-state index in [0.29, 0.717) is 41.9 Å². The van der Waals surface area contributed by atoms with Crippen LogP contribution in [0.1, 0.15) is 16.8 Å². The number of nitrogens with one attached hydrogen (secondary N) is 1. The molecule has 5 nitrogen and oxygen atoms in total. The van der Waals surface area contributed by atoms with Crippen molar-refractivity contribution >= 4 is 28.9 Å². The van der Waals surface area contributed by atoms with E-state index in [1.807, 2.05) is 4.90 Å². The largest absolute Gasteiger partial charge is 0.416 e. The quantitative estimate of drug-likeness (QED) is 0.675. The van der Waals surface area contributed by atoms with Crippen molar-refractivity contribution in [3.8, 4) is 0 Å². The van der Waals surface area contributed by atoms with E-state index in [2.05, 4.69) is 20.3 Å². The minimum absolute atomic E-state index is 0.325. The van der Waals surface area contributed by atoms with Gasteiger partial charge in [0.25, 0.3) is 0 Å². The highest BCUT2D eigenvalue weighted by atomic mass is 35.5. The van der Waals surface area contributed by atoms with Crippen molar-refractivity contribution in [1.82, 2.24) is 15.0 Å². The SMILES string of the molecule is FC(F)(F)c1cccc(Nc2ncnc3c2CCN(c2ncccc2Cl)C3)c1. The second-order valence-corrected chi connectivity index (χ2v) is 6.74. The van der Waals surface area contributed by atoms with Crippen LogP contribution >= 0.6 is 11.6 Å². The van der Waals surface area contributed by atoms with Gasteiger partial charge in [0.1, 0.15) is 18.0 Å². The summed E-state index contributed by atoms with van der Waals surface area (Å²) in [6, 6.07) is 8.59. The Morgan fingerprint density at radius 3 is 2.71 bits per heavy atom. The Bertz CT molecular complexity index is 1010. The molecule has 1 aliphatic heterocycles. The number of hydrogen-bond donors (Lipinski definition) is 1. The molecule has 0 atom stereocenters. The van der Waals surface area contributed by atoms with Gasteiger partial charge < -0.3 is 10.2 Å². The molecule has 2 aromatic heterocycles. The second-order valence-electron chi connectivity index (χ2n) is 6.33. The summed E-state index contributed by atoms with van der Waals surface area (Å²) < 4.78 is 38.8. The van der Waals surface area contributed by atoms with Gasteiger partial charge >= 0.3 is 6.18 Å². The Hall–Kier alpha value is -2.87. The summed E-state index contributed by atoms with van der Waals surface area (Å²) in [6.45, 7) is 1.14. The topological polar surface area (TPSA) is 53.9 Å². The Kier molecular flexibility index (Phi) is 4.80. The van der Waals surface area contributed by atoms with Gasteiger partial charge in [-0.15, -0.1) is 0 Å². The molecule has 0 aliphatic carbocycles. The average Bonchev–Trinajstić information content (AvgIpc) is 2.68. The first kappa shape index (κ1) is 18.5. The van der Waals surface area contributed by atoms with Crippen LogP contribution < -0.4 is 10.2 Å². The smallest absolute Gasteiger partial charge is 0.349 e. The van der Waals surface area contributed by atoms with Crippen molar-refractivity contribution in [2.75, 3.05) is 16.8 Å². The van der Waals surface area contributed by atoms with Crippen LogP contribution in [0, 0.1) is 0 Å². The molecule has 1 N–H and O–H groups in total. The lowest BCUT2D eigenvalue weighted by molar-refractivity contribution is -0.137. The lowest BCUT2D eigenvalue weighted by atomic mass is 10.1. The van der Waals surface area contributed by atoms with Gasteiger partial charge in [0.2, 0.25) is 0 Å². The minimum atomic E-state index is -4.40. The number of pyridine rings is 1. The van der Waals surface area contributed by atoms with E-state index in [0.717, 1.165) is 23.4 Å². The second kappa shape index (κ2) is 7.27. The molecule has 0 amide bonds. The van der Waals surface area contributed by atoms with Gasteiger partial charge in [-0.2, -0.15) is 13.2 Å². The zero-order valence-electron chi connectivity index (χ0n) is 14.5. The number of hydrogen-bond acceptors (Lipinski definition) is 5. The van der Waals surface area contributed by atoms with Crippen molar-refractivity contribution in [2.45, 2.75) is 19.1 Å². The lowest BCUT2D eigenvalue weighted by Crippen LogP contribution is -2.32. The number of halogens is 4. The summed E-state index contributed by atoms with van der Waals surface area (Å²) >= 11 is 6.23. The van der Waals surface area contributed by atoms with Crippen molar-refractivity contribution in [1.29, 1.82) is 0 Å². The Labute approximate surface area is 164 Å². The van der Waals surface area contributed by atoms with Crippen LogP contribution in [-0.4, -0.2) is 21.5 Å². The van der Waals surface area contributed by atoms with E-state index in [4.69, 9.17) is 11.6 Å². The van der Waals surface area contributed by atoms with Gasteiger partial charge in [0, 0.05) is 24.0 Å². The van der Waals surface area contributed by atoms with Crippen molar-refractivity contribution in [3.05, 3.63) is 70.8 Å². The summed E-state index contributed by atoms with van der Waals surface area (Å²) in [5.74, 6) is 1.19. The first-order valence-electron chi connectivity index (χ1n) is 8.54. The van der Waals surface area contributed by atoms with Gasteiger partial charge in [-0.1, -0.05) is 17.7 Å². The lowest BCUT2D eigenvalue weighted by Gasteiger charge is -2.30. The van der Waals surface area contributed by atoms with Crippen LogP contribution in [0.5, 0.6) is 0 Å². The third kappa shape index (κ3) is 3.73. The molecule has 0 spiro atoms. The maximum Gasteiger partial charge on any atom is 0.416 e. The molecule has 0 saturated heterocycles. The van der Waals surface area contributed by atoms with E-state index >= 15 is 0 Å². The first-order chi connectivity index (χ1) is 13.4. The molecule has 0 radical (unpaired) electrons. The summed E-state index contributed by atoms with van der Waals surface area (Å²) in [7, 11) is 0. The molecule has 0 saturated carbocycles. The fourth-order valence-corrected chi connectivity index (χ4v) is 3.40. The highest BCUT2D eigenvalue weighted by Gasteiger charge is 2.30. The maximum atomic E-state index is 12.9. The van der Waals surface area contributed by atoms with E-state index in [-0.39, 0.29) is 0 Å². The molecule has 0 bridgehead atoms. The fraction of sp³-hybridized carbons (Fsp3) is 0.211. The van der Waals surface area contributed by atoms with Crippen LogP contribution in [0.25, 0.3) is 0 Å². The van der Waals surface area contributed by atoms with Gasteiger partial charge in [-0.3, -0.25) is 0 Å². The summed E-state index contributed by atoms with van der Waals surface area (Å²) in [5.41, 5.74) is 1.28. The predicted octanol–water partition coefficient (Wildman–Crippen LogP) is 4.85. The summed E-state index contributed by atoms with van der Waals surface area (Å²) in [4.78, 5) is 14.9. The molecule has 3 heterocycles. The first-order valence-corrected chi connectivity index (χ1v) is 8.92. The van der Waals surface area contributed by atoms with Crippen molar-refractivity contribution in [3.63, 3.8) is 0 Å². The standard InChI is InChI=1S/C19H15ClF3N5/c20-15-5-2-7-24-18(15)28-8-6-14-16(10-28)25-11-26-17(14)27-13-4-1-3-12(9-13)19(21,22)23/h1-5,7,9,11H,6,8,10H2,(H,25,26,27). The minimum Gasteiger partial charge on any atom is -0.349 e. The van der Waals surface area contributed by atoms with Crippen LogP contribution in [0.3, 0.4) is 0 Å². The maximum absolute atomic E-state index is 12.9. The van der Waals surface area contributed by atoms with E-state index in [1.54, 1.807) is 24.4 Å². The molecular formula is C19H15ClF3N5. The van der Waals surface area contributed by atoms with Crippen molar-refractivity contribution in [2.24, 2.45) is 0 Å². The van der Waals surface area contributed by atoms with Crippen LogP contribution in [0.2, 0.25) is 5.02 Å². The fourth-order valence-electron chi connectivity index (χ4n) is 3.16. The van der Waals surface area contributed by atoms with E-state index in [9.17, 15) is 13.2 Å². The number of alkyl halides is 3. The zero-order chi connectivity index (χ0) is 19.7. The van der Waals surface area contributed by atoms with Crippen molar-refractivity contribution < 1.29 is 13.2 Å². The third-order valence-corrected chi connectivity index (χ3v) is 4.79. The number of fused-ring (bicyclic) bond motifs is 1. The predicted molar refractivity (Wildman–Crippen MR) is 101 cm³/mol. The molecule has 0 fully saturated rings. The summed E-state index contributed by atoms with van der Waals surface area (Å²) in [5, 5.41) is 3.56. The Morgan fingerprint density at radius 1 is 1.07 bits per heavy atom. The number of nitrogens with zero attached hydrogens (tertiary/aromatic N) is 4. The highest BCUT2D eigenvalue weighted by molar-refractivity contribution is 6.32. The van der Waals surface area contributed by atoms with Crippen LogP contribution in [0.15, 0.2) is 48.9 Å². The molecule has 1 aliphatic rings. The van der Waals surface area contributed by atoms with Gasteiger partial charge in [0.15, 0.2) is 0 Å². The number of rotatable bonds is 3. The Morgan fingerprint density at radius 2 is 1.93 bits per heavy atom. The Balaban J connectivity index is 1.60. The van der Waals surface area contributed by atoms with Gasteiger partial charge in [-0.25, -0.2) is 15.0 Å². The van der Waals surface area contributed by atoms with E-state index in [1.165, 1.54) is 12.4 Å². The van der Waals surface area contributed by atoms with E-state index < -0.39 is 11.7 Å². The molecule has 1 aromatic carbocycles. The molecular weight excluding hydrogens is 391 g/mol. The molecule has 28 heavy (non-hydrogen) atoms. The molecule has 4 rings (SSSR count). The third-order valence-electron chi connectivity index (χ3n) is 4.50. The zero-order valence-corrected chi connectivity index (χ0v) is 15.3.